The summed E-state index contributed by atoms with van der Waals surface area (Å²) < 4.78 is 0. The van der Waals surface area contributed by atoms with E-state index in [2.05, 4.69) is 38.4 Å². The molecule has 0 fully saturated rings. The number of aliphatic imine (C=N–C) groups is 1. The Morgan fingerprint density at radius 3 is 2.88 bits per heavy atom. The van der Waals surface area contributed by atoms with Crippen LogP contribution in [-0.2, 0) is 0 Å². The van der Waals surface area contributed by atoms with Gasteiger partial charge in [0.05, 0.1) is 24.5 Å². The van der Waals surface area contributed by atoms with Crippen LogP contribution in [0.5, 0.6) is 0 Å². The lowest BCUT2D eigenvalue weighted by atomic mass is 10.2. The van der Waals surface area contributed by atoms with Crippen molar-refractivity contribution in [3.8, 4) is 0 Å². The van der Waals surface area contributed by atoms with Gasteiger partial charge in [0.25, 0.3) is 0 Å². The molecule has 4 N–H and O–H groups in total. The molecule has 1 aromatic rings. The second-order valence-electron chi connectivity index (χ2n) is 3.92. The summed E-state index contributed by atoms with van der Waals surface area (Å²) in [5.74, 6) is 0.888. The molecule has 2 aliphatic heterocycles. The van der Waals surface area contributed by atoms with E-state index in [1.165, 1.54) is 0 Å². The van der Waals surface area contributed by atoms with Gasteiger partial charge >= 0.3 is 0 Å². The zero-order valence-electron chi connectivity index (χ0n) is 8.96. The zero-order valence-corrected chi connectivity index (χ0v) is 8.96. The minimum atomic E-state index is 0.180. The van der Waals surface area contributed by atoms with E-state index in [1.807, 2.05) is 12.1 Å². The van der Waals surface area contributed by atoms with Gasteiger partial charge in [-0.15, -0.1) is 0 Å². The molecule has 0 saturated heterocycles. The van der Waals surface area contributed by atoms with E-state index in [-0.39, 0.29) is 6.17 Å². The summed E-state index contributed by atoms with van der Waals surface area (Å²) in [6.07, 6.45) is 0.180. The predicted molar refractivity (Wildman–Crippen MR) is 65.8 cm³/mol. The van der Waals surface area contributed by atoms with Crippen LogP contribution < -0.4 is 21.3 Å². The molecule has 0 aromatic heterocycles. The van der Waals surface area contributed by atoms with Crippen LogP contribution in [-0.4, -0.2) is 31.8 Å². The minimum absolute atomic E-state index is 0.180. The van der Waals surface area contributed by atoms with Crippen molar-refractivity contribution in [2.45, 2.75) is 6.17 Å². The van der Waals surface area contributed by atoms with Gasteiger partial charge in [-0.2, -0.15) is 0 Å². The monoisotopic (exact) mass is 217 g/mol. The molecule has 16 heavy (non-hydrogen) atoms. The molecule has 0 saturated carbocycles. The lowest BCUT2D eigenvalue weighted by Gasteiger charge is -2.29. The third-order valence-corrected chi connectivity index (χ3v) is 2.74. The van der Waals surface area contributed by atoms with Crippen LogP contribution in [0.15, 0.2) is 29.3 Å². The van der Waals surface area contributed by atoms with E-state index in [1.54, 1.807) is 0 Å². The molecule has 1 aromatic carbocycles. The minimum Gasteiger partial charge on any atom is -0.379 e. The van der Waals surface area contributed by atoms with Crippen molar-refractivity contribution in [2.24, 2.45) is 4.99 Å². The van der Waals surface area contributed by atoms with E-state index in [0.29, 0.717) is 0 Å². The van der Waals surface area contributed by atoms with Crippen LogP contribution in [0.25, 0.3) is 0 Å². The van der Waals surface area contributed by atoms with Crippen molar-refractivity contribution in [2.75, 3.05) is 30.3 Å². The molecule has 2 aliphatic rings. The second-order valence-corrected chi connectivity index (χ2v) is 3.92. The number of nitrogens with zero attached hydrogens (tertiary/aromatic N) is 1. The highest BCUT2D eigenvalue weighted by Gasteiger charge is 2.18. The molecule has 84 valence electrons. The Bertz CT molecular complexity index is 415. The number of anilines is 2. The number of hydrogen-bond donors (Lipinski definition) is 4. The number of rotatable bonds is 1. The first-order valence-corrected chi connectivity index (χ1v) is 5.56. The summed E-state index contributed by atoms with van der Waals surface area (Å²) in [4.78, 5) is 4.31. The SMILES string of the molecule is c1ccc2c(c1)NCC(NC1=NCCN1)N2. The Morgan fingerprint density at radius 2 is 2.06 bits per heavy atom. The number of nitrogens with one attached hydrogen (secondary N) is 4. The summed E-state index contributed by atoms with van der Waals surface area (Å²) >= 11 is 0. The summed E-state index contributed by atoms with van der Waals surface area (Å²) in [6.45, 7) is 2.63. The Kier molecular flexibility index (Phi) is 2.29. The highest BCUT2D eigenvalue weighted by molar-refractivity contribution is 5.82. The Morgan fingerprint density at radius 1 is 1.19 bits per heavy atom. The predicted octanol–water partition coefficient (Wildman–Crippen LogP) is 0.399. The fourth-order valence-electron chi connectivity index (χ4n) is 1.96. The average molecular weight is 217 g/mol. The third kappa shape index (κ3) is 1.76. The Balaban J connectivity index is 1.68. The van der Waals surface area contributed by atoms with Gasteiger partial charge in [0.15, 0.2) is 5.96 Å². The molecular formula is C11H15N5. The van der Waals surface area contributed by atoms with E-state index in [9.17, 15) is 0 Å². The molecular weight excluding hydrogens is 202 g/mol. The number of fused-ring (bicyclic) bond motifs is 1. The van der Waals surface area contributed by atoms with Crippen molar-refractivity contribution in [1.82, 2.24) is 10.6 Å². The summed E-state index contributed by atoms with van der Waals surface area (Å²) in [6, 6.07) is 8.20. The van der Waals surface area contributed by atoms with Gasteiger partial charge in [-0.05, 0) is 12.1 Å². The first-order valence-electron chi connectivity index (χ1n) is 5.56. The lowest BCUT2D eigenvalue weighted by molar-refractivity contribution is 0.686. The largest absolute Gasteiger partial charge is 0.379 e. The quantitative estimate of drug-likeness (QED) is 0.550. The van der Waals surface area contributed by atoms with Crippen LogP contribution in [0, 0.1) is 0 Å². The van der Waals surface area contributed by atoms with Gasteiger partial charge in [-0.3, -0.25) is 4.99 Å². The first-order chi connectivity index (χ1) is 7.92. The van der Waals surface area contributed by atoms with Gasteiger partial charge in [0.2, 0.25) is 0 Å². The number of hydrogen-bond acceptors (Lipinski definition) is 5. The maximum Gasteiger partial charge on any atom is 0.193 e. The fourth-order valence-corrected chi connectivity index (χ4v) is 1.96. The number of para-hydroxylation sites is 2. The average Bonchev–Trinajstić information content (AvgIpc) is 2.82. The van der Waals surface area contributed by atoms with E-state index in [4.69, 9.17) is 0 Å². The molecule has 0 amide bonds. The highest BCUT2D eigenvalue weighted by atomic mass is 15.3. The summed E-state index contributed by atoms with van der Waals surface area (Å²) in [5, 5.41) is 13.3. The van der Waals surface area contributed by atoms with Crippen molar-refractivity contribution < 1.29 is 0 Å². The van der Waals surface area contributed by atoms with Gasteiger partial charge in [-0.1, -0.05) is 12.1 Å². The molecule has 5 nitrogen and oxygen atoms in total. The Labute approximate surface area is 94.3 Å². The fraction of sp³-hybridized carbons (Fsp3) is 0.364. The van der Waals surface area contributed by atoms with Gasteiger partial charge < -0.3 is 21.3 Å². The maximum atomic E-state index is 4.31. The molecule has 0 spiro atoms. The van der Waals surface area contributed by atoms with Crippen molar-refractivity contribution in [3.63, 3.8) is 0 Å². The van der Waals surface area contributed by atoms with E-state index in [0.717, 1.165) is 37.0 Å². The highest BCUT2D eigenvalue weighted by Crippen LogP contribution is 2.24. The van der Waals surface area contributed by atoms with E-state index >= 15 is 0 Å². The molecule has 1 atom stereocenters. The summed E-state index contributed by atoms with van der Waals surface area (Å²) in [7, 11) is 0. The topological polar surface area (TPSA) is 60.5 Å². The number of guanidine groups is 1. The first kappa shape index (κ1) is 9.33. The van der Waals surface area contributed by atoms with Crippen molar-refractivity contribution in [1.29, 1.82) is 0 Å². The lowest BCUT2D eigenvalue weighted by Crippen LogP contribution is -2.50. The second kappa shape index (κ2) is 3.92. The van der Waals surface area contributed by atoms with Crippen LogP contribution in [0.4, 0.5) is 11.4 Å². The number of benzene rings is 1. The standard InChI is InChI=1S/C11H15N5/c1-2-4-9-8(3-1)14-7-10(15-9)16-11-12-5-6-13-11/h1-4,10,14-15H,5-7H2,(H2,12,13,16). The molecule has 1 unspecified atom stereocenters. The van der Waals surface area contributed by atoms with Crippen molar-refractivity contribution in [3.05, 3.63) is 24.3 Å². The van der Waals surface area contributed by atoms with Crippen LogP contribution in [0.1, 0.15) is 0 Å². The van der Waals surface area contributed by atoms with Crippen LogP contribution in [0.3, 0.4) is 0 Å². The normalized spacial score (nSPS) is 22.2. The smallest absolute Gasteiger partial charge is 0.193 e. The zero-order chi connectivity index (χ0) is 10.8. The summed E-state index contributed by atoms with van der Waals surface area (Å²) in [5.41, 5.74) is 2.28. The third-order valence-electron chi connectivity index (χ3n) is 2.74. The van der Waals surface area contributed by atoms with Gasteiger partial charge in [-0.25, -0.2) is 0 Å². The van der Waals surface area contributed by atoms with E-state index < -0.39 is 0 Å². The molecule has 0 radical (unpaired) electrons. The molecule has 3 rings (SSSR count). The van der Waals surface area contributed by atoms with Gasteiger partial charge in [0.1, 0.15) is 6.17 Å². The van der Waals surface area contributed by atoms with Crippen LogP contribution in [0.2, 0.25) is 0 Å². The maximum absolute atomic E-state index is 4.31. The molecule has 0 bridgehead atoms. The molecule has 2 heterocycles. The Hall–Kier alpha value is -1.91. The van der Waals surface area contributed by atoms with Crippen LogP contribution >= 0.6 is 0 Å². The molecule has 0 aliphatic carbocycles. The molecule has 5 heteroatoms. The van der Waals surface area contributed by atoms with Gasteiger partial charge in [0, 0.05) is 6.54 Å². The van der Waals surface area contributed by atoms with Crippen molar-refractivity contribution >= 4 is 17.3 Å².